The summed E-state index contributed by atoms with van der Waals surface area (Å²) in [5, 5.41) is 120. The second kappa shape index (κ2) is 17.4. The lowest BCUT2D eigenvalue weighted by Gasteiger charge is -2.53. The van der Waals surface area contributed by atoms with Gasteiger partial charge in [0.25, 0.3) is 0 Å². The normalized spacial score (nSPS) is 52.6. The summed E-state index contributed by atoms with van der Waals surface area (Å²) < 4.78 is 29.5. The predicted octanol–water partition coefficient (Wildman–Crippen LogP) is -5.47. The van der Waals surface area contributed by atoms with E-state index in [0.29, 0.717) is 25.8 Å². The molecule has 13 unspecified atom stereocenters. The Hall–Kier alpha value is -2.03. The van der Waals surface area contributed by atoms with Crippen LogP contribution in [0.2, 0.25) is 0 Å². The number of ether oxygens (including phenoxy) is 5. The van der Waals surface area contributed by atoms with Crippen molar-refractivity contribution in [3.63, 3.8) is 0 Å². The smallest absolute Gasteiger partial charge is 0.340 e. The molecule has 21 nitrogen and oxygen atoms in total. The number of esters is 1. The van der Waals surface area contributed by atoms with Crippen molar-refractivity contribution in [2.75, 3.05) is 13.2 Å². The molecule has 0 aromatic rings. The van der Waals surface area contributed by atoms with Gasteiger partial charge in [-0.1, -0.05) is 0 Å². The van der Waals surface area contributed by atoms with Gasteiger partial charge in [0.1, 0.15) is 42.4 Å². The van der Waals surface area contributed by atoms with Gasteiger partial charge in [-0.3, -0.25) is 4.79 Å². The van der Waals surface area contributed by atoms with Crippen molar-refractivity contribution in [2.45, 2.75) is 161 Å². The highest BCUT2D eigenvalue weighted by molar-refractivity contribution is 5.83. The fourth-order valence-corrected chi connectivity index (χ4v) is 10.9. The van der Waals surface area contributed by atoms with Gasteiger partial charge in [0.15, 0.2) is 18.0 Å². The van der Waals surface area contributed by atoms with Gasteiger partial charge in [-0.25, -0.2) is 9.59 Å². The number of ketones is 1. The molecule has 58 heavy (non-hydrogen) atoms. The molecule has 2 saturated carbocycles. The maximum absolute atomic E-state index is 14.0. The van der Waals surface area contributed by atoms with E-state index < -0.39 is 133 Å². The van der Waals surface area contributed by atoms with E-state index in [1.807, 2.05) is 0 Å². The van der Waals surface area contributed by atoms with Gasteiger partial charge in [-0.05, 0) is 68.7 Å². The van der Waals surface area contributed by atoms with Crippen LogP contribution in [0.3, 0.4) is 0 Å². The van der Waals surface area contributed by atoms with Crippen molar-refractivity contribution in [3.8, 4) is 0 Å². The van der Waals surface area contributed by atoms with Crippen molar-refractivity contribution in [1.82, 2.24) is 5.32 Å². The maximum Gasteiger partial charge on any atom is 0.340 e. The average Bonchev–Trinajstić information content (AvgIpc) is 3.34. The molecule has 7 fully saturated rings. The molecule has 0 aromatic carbocycles. The number of nitrogens with two attached hydrogens (primary N) is 1. The molecule has 2 aliphatic carbocycles. The van der Waals surface area contributed by atoms with Gasteiger partial charge in [-0.2, -0.15) is 0 Å². The lowest BCUT2D eigenvalue weighted by atomic mass is 9.62. The van der Waals surface area contributed by atoms with Crippen molar-refractivity contribution in [3.05, 3.63) is 0 Å². The number of aliphatic carboxylic acids is 1. The first kappa shape index (κ1) is 44.0. The first-order valence-electron chi connectivity index (χ1n) is 20.3. The minimum Gasteiger partial charge on any atom is -0.479 e. The molecule has 0 radical (unpaired) electrons. The van der Waals surface area contributed by atoms with Crippen LogP contribution in [0.15, 0.2) is 0 Å². The minimum absolute atomic E-state index is 0.0206. The molecule has 0 bridgehead atoms. The Labute approximate surface area is 333 Å². The number of rotatable bonds is 7. The van der Waals surface area contributed by atoms with E-state index in [2.05, 4.69) is 5.32 Å². The summed E-state index contributed by atoms with van der Waals surface area (Å²) in [6, 6.07) is 0. The lowest BCUT2D eigenvalue weighted by Crippen LogP contribution is -2.69. The molecule has 7 aliphatic rings. The Bertz CT molecular complexity index is 1490. The van der Waals surface area contributed by atoms with Crippen LogP contribution in [-0.4, -0.2) is 191 Å². The SMILES string of the molecule is NC1CCC(C2CC[C@@]3(OC4CC5OC(C6CC(O)C(O)C(CCO)C6)CC(=O)C5C(O)C42)O[C@H](C(=O)O[C@@H]2O[C@H](C(=O)O)[C@@H](O)[C@H](O)[C@H]2O)[C@@H](O)[C@H](O)[C@H]3O)CN1. The van der Waals surface area contributed by atoms with E-state index in [9.17, 15) is 70.6 Å². The fraction of sp³-hybridized carbons (Fsp3) is 0.919. The second-order valence-corrected chi connectivity index (χ2v) is 17.4. The Morgan fingerprint density at radius 1 is 0.776 bits per heavy atom. The number of aliphatic hydroxyl groups is 10. The number of carboxylic acids is 1. The number of carboxylic acid groups (broad SMARTS) is 1. The van der Waals surface area contributed by atoms with E-state index in [0.717, 1.165) is 0 Å². The number of carbonyl (C=O) groups excluding carboxylic acids is 2. The number of carbonyl (C=O) groups is 3. The Kier molecular flexibility index (Phi) is 13.2. The summed E-state index contributed by atoms with van der Waals surface area (Å²) in [4.78, 5) is 39.3. The molecule has 1 spiro atoms. The van der Waals surface area contributed by atoms with Gasteiger partial charge in [0.05, 0.1) is 48.7 Å². The van der Waals surface area contributed by atoms with Crippen molar-refractivity contribution in [2.24, 2.45) is 41.2 Å². The third kappa shape index (κ3) is 8.07. The zero-order chi connectivity index (χ0) is 42.0. The van der Waals surface area contributed by atoms with Crippen LogP contribution in [0.5, 0.6) is 0 Å². The summed E-state index contributed by atoms with van der Waals surface area (Å²) in [5.74, 6) is -8.80. The van der Waals surface area contributed by atoms with E-state index in [1.54, 1.807) is 0 Å². The molecule has 0 aromatic heterocycles. The van der Waals surface area contributed by atoms with Crippen LogP contribution >= 0.6 is 0 Å². The van der Waals surface area contributed by atoms with Crippen LogP contribution in [0.25, 0.3) is 0 Å². The molecule has 21 heteroatoms. The summed E-state index contributed by atoms with van der Waals surface area (Å²) >= 11 is 0. The van der Waals surface area contributed by atoms with E-state index in [-0.39, 0.29) is 68.9 Å². The molecule has 5 aliphatic heterocycles. The first-order chi connectivity index (χ1) is 27.5. The Morgan fingerprint density at radius 2 is 1.50 bits per heavy atom. The van der Waals surface area contributed by atoms with E-state index >= 15 is 0 Å². The highest BCUT2D eigenvalue weighted by Gasteiger charge is 2.64. The van der Waals surface area contributed by atoms with Crippen LogP contribution in [0.1, 0.15) is 57.8 Å². The molecule has 0 amide bonds. The van der Waals surface area contributed by atoms with Gasteiger partial charge in [-0.15, -0.1) is 0 Å². The summed E-state index contributed by atoms with van der Waals surface area (Å²) in [6.07, 6.45) is -23.6. The fourth-order valence-electron chi connectivity index (χ4n) is 10.9. The minimum atomic E-state index is -2.25. The third-order valence-corrected chi connectivity index (χ3v) is 14.0. The van der Waals surface area contributed by atoms with Crippen molar-refractivity contribution >= 4 is 17.7 Å². The standard InChI is InChI=1S/C37H58N2O19/c38-21-2-1-13(11-39-21)15-3-5-37(33(50)29(48)28(47)32(58-37)35(53)56-36-30(49)26(45)27(46)31(55-36)34(51)52)57-20-10-19-23(25(44)22(15)20)16(41)9-18(54-19)14-7-12(4-6-40)24(43)17(42)8-14/h12-15,17-33,36,39-40,42-50H,1-11,38H2,(H,51,52)/t12?,13?,14?,15?,17?,18?,19?,20?,21?,22?,23?,24?,25?,26-,27-,28-,29-,30+,31-,32-,33+,36-,37+/m0/s1. The highest BCUT2D eigenvalue weighted by Crippen LogP contribution is 2.52. The van der Waals surface area contributed by atoms with Gasteiger partial charge in [0.2, 0.25) is 6.29 Å². The van der Waals surface area contributed by atoms with Crippen molar-refractivity contribution < 1.29 is 94.2 Å². The Morgan fingerprint density at radius 3 is 2.17 bits per heavy atom. The van der Waals surface area contributed by atoms with Gasteiger partial charge in [0, 0.05) is 31.8 Å². The predicted molar refractivity (Wildman–Crippen MR) is 188 cm³/mol. The number of aliphatic hydroxyl groups excluding tert-OH is 10. The molecule has 14 N–H and O–H groups in total. The van der Waals surface area contributed by atoms with Crippen LogP contribution in [-0.2, 0) is 38.1 Å². The monoisotopic (exact) mass is 834 g/mol. The number of hydrogen-bond acceptors (Lipinski definition) is 20. The third-order valence-electron chi connectivity index (χ3n) is 14.0. The number of piperidine rings is 1. The van der Waals surface area contributed by atoms with E-state index in [1.165, 1.54) is 0 Å². The first-order valence-corrected chi connectivity index (χ1v) is 20.3. The molecule has 5 saturated heterocycles. The quantitative estimate of drug-likeness (QED) is 0.106. The number of nitrogens with one attached hydrogen (secondary N) is 1. The molecule has 7 rings (SSSR count). The van der Waals surface area contributed by atoms with Crippen molar-refractivity contribution in [1.29, 1.82) is 0 Å². The van der Waals surface area contributed by atoms with E-state index in [4.69, 9.17) is 29.4 Å². The Balaban J connectivity index is 1.16. The lowest BCUT2D eigenvalue weighted by molar-refractivity contribution is -0.378. The molecule has 330 valence electrons. The van der Waals surface area contributed by atoms with Gasteiger partial charge >= 0.3 is 11.9 Å². The molecule has 23 atom stereocenters. The van der Waals surface area contributed by atoms with Crippen LogP contribution in [0.4, 0.5) is 0 Å². The highest BCUT2D eigenvalue weighted by atomic mass is 16.8. The number of Topliss-reactive ketones (excluding diaryl/α,β-unsaturated/α-hetero) is 1. The zero-order valence-corrected chi connectivity index (χ0v) is 31.7. The maximum atomic E-state index is 14.0. The summed E-state index contributed by atoms with van der Waals surface area (Å²) in [7, 11) is 0. The van der Waals surface area contributed by atoms with Crippen LogP contribution < -0.4 is 11.1 Å². The molecular formula is C37H58N2O19. The average molecular weight is 835 g/mol. The molecule has 5 heterocycles. The number of fused-ring (bicyclic) bond motifs is 2. The largest absolute Gasteiger partial charge is 0.479 e. The van der Waals surface area contributed by atoms with Gasteiger partial charge < -0.3 is 90.9 Å². The topological polar surface area (TPSA) is 358 Å². The number of hydrogen-bond donors (Lipinski definition) is 13. The van der Waals surface area contributed by atoms with Crippen LogP contribution in [0, 0.1) is 35.5 Å². The summed E-state index contributed by atoms with van der Waals surface area (Å²) in [5.41, 5.74) is 6.14. The zero-order valence-electron chi connectivity index (χ0n) is 31.7. The molecular weight excluding hydrogens is 776 g/mol. The summed E-state index contributed by atoms with van der Waals surface area (Å²) in [6.45, 7) is 0.239. The second-order valence-electron chi connectivity index (χ2n) is 17.4.